The maximum Gasteiger partial charge on any atom is 0.217 e. The monoisotopic (exact) mass is 291 g/mol. The minimum absolute atomic E-state index is 0. The van der Waals surface area contributed by atoms with Gasteiger partial charge in [0.15, 0.2) is 0 Å². The Kier molecular flexibility index (Phi) is 7.32. The third kappa shape index (κ3) is 5.38. The molecule has 1 aromatic heterocycles. The van der Waals surface area contributed by atoms with Crippen molar-refractivity contribution < 1.29 is 4.74 Å². The maximum atomic E-state index is 5.74. The fourth-order valence-corrected chi connectivity index (χ4v) is 2.25. The van der Waals surface area contributed by atoms with E-state index in [1.807, 2.05) is 0 Å². The van der Waals surface area contributed by atoms with E-state index >= 15 is 0 Å². The van der Waals surface area contributed by atoms with Gasteiger partial charge in [-0.25, -0.2) is 9.97 Å². The average Bonchev–Trinajstić information content (AvgIpc) is 2.36. The van der Waals surface area contributed by atoms with Crippen molar-refractivity contribution in [1.82, 2.24) is 15.3 Å². The second-order valence-electron chi connectivity index (χ2n) is 4.36. The third-order valence-corrected chi connectivity index (χ3v) is 3.28. The van der Waals surface area contributed by atoms with Crippen LogP contribution in [0.2, 0.25) is 5.15 Å². The molecule has 0 bridgehead atoms. The van der Waals surface area contributed by atoms with E-state index in [0.29, 0.717) is 17.6 Å². The lowest BCUT2D eigenvalue weighted by Crippen LogP contribution is -2.27. The second kappa shape index (κ2) is 8.51. The molecule has 0 atom stereocenters. The first-order chi connectivity index (χ1) is 8.34. The molecule has 6 heteroatoms. The first-order valence-electron chi connectivity index (χ1n) is 6.15. The summed E-state index contributed by atoms with van der Waals surface area (Å²) in [6.45, 7) is 3.03. The molecule has 2 heterocycles. The average molecular weight is 292 g/mol. The third-order valence-electron chi connectivity index (χ3n) is 3.07. The van der Waals surface area contributed by atoms with Crippen molar-refractivity contribution in [2.75, 3.05) is 19.7 Å². The summed E-state index contributed by atoms with van der Waals surface area (Å²) in [5.74, 6) is 1.42. The Balaban J connectivity index is 0.00000162. The molecule has 4 nitrogen and oxygen atoms in total. The zero-order valence-electron chi connectivity index (χ0n) is 10.3. The van der Waals surface area contributed by atoms with Crippen LogP contribution >= 0.6 is 24.0 Å². The van der Waals surface area contributed by atoms with Crippen LogP contribution in [-0.4, -0.2) is 29.7 Å². The highest BCUT2D eigenvalue weighted by Gasteiger charge is 2.12. The molecule has 2 rings (SSSR count). The highest BCUT2D eigenvalue weighted by atomic mass is 35.5. The molecule has 1 N–H and O–H groups in total. The summed E-state index contributed by atoms with van der Waals surface area (Å²) in [5.41, 5.74) is 0. The van der Waals surface area contributed by atoms with Gasteiger partial charge >= 0.3 is 0 Å². The van der Waals surface area contributed by atoms with Gasteiger partial charge in [0.1, 0.15) is 11.5 Å². The molecule has 18 heavy (non-hydrogen) atoms. The summed E-state index contributed by atoms with van der Waals surface area (Å²) >= 11 is 5.74. The van der Waals surface area contributed by atoms with Gasteiger partial charge in [-0.2, -0.15) is 0 Å². The number of halogens is 2. The number of rotatable bonds is 5. The quantitative estimate of drug-likeness (QED) is 0.669. The number of hydrogen-bond donors (Lipinski definition) is 1. The molecule has 102 valence electrons. The molecule has 1 aliphatic heterocycles. The Morgan fingerprint density at radius 1 is 1.33 bits per heavy atom. The minimum atomic E-state index is 0. The van der Waals surface area contributed by atoms with Crippen molar-refractivity contribution in [2.45, 2.75) is 25.7 Å². The van der Waals surface area contributed by atoms with Crippen molar-refractivity contribution in [2.24, 2.45) is 5.92 Å². The van der Waals surface area contributed by atoms with E-state index in [4.69, 9.17) is 16.3 Å². The lowest BCUT2D eigenvalue weighted by molar-refractivity contribution is 0.266. The van der Waals surface area contributed by atoms with Gasteiger partial charge in [0.25, 0.3) is 0 Å². The van der Waals surface area contributed by atoms with Gasteiger partial charge in [0.05, 0.1) is 6.61 Å². The zero-order chi connectivity index (χ0) is 11.9. The second-order valence-corrected chi connectivity index (χ2v) is 4.75. The van der Waals surface area contributed by atoms with Crippen LogP contribution in [0.5, 0.6) is 5.88 Å². The van der Waals surface area contributed by atoms with Gasteiger partial charge in [-0.05, 0) is 44.7 Å². The predicted octanol–water partition coefficient (Wildman–Crippen LogP) is 2.71. The number of hydrogen-bond acceptors (Lipinski definition) is 4. The first-order valence-corrected chi connectivity index (χ1v) is 6.53. The van der Waals surface area contributed by atoms with Gasteiger partial charge in [-0.1, -0.05) is 11.6 Å². The molecule has 1 aromatic rings. The minimum Gasteiger partial charge on any atom is -0.478 e. The van der Waals surface area contributed by atoms with E-state index < -0.39 is 0 Å². The fourth-order valence-electron chi connectivity index (χ4n) is 2.12. The number of piperidine rings is 1. The van der Waals surface area contributed by atoms with Gasteiger partial charge < -0.3 is 10.1 Å². The summed E-state index contributed by atoms with van der Waals surface area (Å²) in [5, 5.41) is 3.80. The van der Waals surface area contributed by atoms with E-state index in [1.165, 1.54) is 25.6 Å². The highest BCUT2D eigenvalue weighted by molar-refractivity contribution is 6.29. The highest BCUT2D eigenvalue weighted by Crippen LogP contribution is 2.18. The van der Waals surface area contributed by atoms with Crippen molar-refractivity contribution >= 4 is 24.0 Å². The zero-order valence-corrected chi connectivity index (χ0v) is 11.8. The van der Waals surface area contributed by atoms with Crippen LogP contribution in [0.1, 0.15) is 25.7 Å². The maximum absolute atomic E-state index is 5.74. The van der Waals surface area contributed by atoms with E-state index in [-0.39, 0.29) is 12.4 Å². The Morgan fingerprint density at radius 3 is 2.83 bits per heavy atom. The van der Waals surface area contributed by atoms with Crippen molar-refractivity contribution in [1.29, 1.82) is 0 Å². The lowest BCUT2D eigenvalue weighted by Gasteiger charge is -2.22. The van der Waals surface area contributed by atoms with Gasteiger partial charge in [0, 0.05) is 6.07 Å². The van der Waals surface area contributed by atoms with Gasteiger partial charge in [-0.15, -0.1) is 12.4 Å². The van der Waals surface area contributed by atoms with E-state index in [9.17, 15) is 0 Å². The predicted molar refractivity (Wildman–Crippen MR) is 74.6 cm³/mol. The molecule has 0 saturated carbocycles. The van der Waals surface area contributed by atoms with Crippen LogP contribution in [-0.2, 0) is 0 Å². The molecule has 0 aromatic carbocycles. The van der Waals surface area contributed by atoms with E-state index in [1.54, 1.807) is 6.07 Å². The topological polar surface area (TPSA) is 47.0 Å². The van der Waals surface area contributed by atoms with E-state index in [0.717, 1.165) is 25.4 Å². The number of nitrogens with one attached hydrogen (secondary N) is 1. The molecule has 0 unspecified atom stereocenters. The smallest absolute Gasteiger partial charge is 0.217 e. The lowest BCUT2D eigenvalue weighted by atomic mass is 9.93. The van der Waals surface area contributed by atoms with Crippen molar-refractivity contribution in [3.8, 4) is 5.88 Å². The molecular weight excluding hydrogens is 273 g/mol. The van der Waals surface area contributed by atoms with Crippen LogP contribution in [0.25, 0.3) is 0 Å². The van der Waals surface area contributed by atoms with Crippen LogP contribution in [0.15, 0.2) is 12.4 Å². The molecule has 1 fully saturated rings. The van der Waals surface area contributed by atoms with Crippen LogP contribution in [0.3, 0.4) is 0 Å². The Bertz CT molecular complexity index is 346. The largest absolute Gasteiger partial charge is 0.478 e. The Morgan fingerprint density at radius 2 is 2.11 bits per heavy atom. The standard InChI is InChI=1S/C12H18ClN3O.ClH/c13-11-8-12(16-9-15-11)17-7-1-2-10-3-5-14-6-4-10;/h8-10,14H,1-7H2;1H. The molecular formula is C12H19Cl2N3O. The molecule has 1 aliphatic rings. The van der Waals surface area contributed by atoms with Crippen LogP contribution in [0.4, 0.5) is 0 Å². The Hall–Kier alpha value is -0.580. The molecule has 0 spiro atoms. The molecule has 0 amide bonds. The summed E-state index contributed by atoms with van der Waals surface area (Å²) < 4.78 is 5.53. The number of nitrogens with zero attached hydrogens (tertiary/aromatic N) is 2. The summed E-state index contributed by atoms with van der Waals surface area (Å²) in [7, 11) is 0. The number of ether oxygens (including phenoxy) is 1. The van der Waals surface area contributed by atoms with Crippen LogP contribution in [0, 0.1) is 5.92 Å². The number of aromatic nitrogens is 2. The van der Waals surface area contributed by atoms with E-state index in [2.05, 4.69) is 15.3 Å². The first kappa shape index (κ1) is 15.5. The molecule has 1 saturated heterocycles. The molecule has 0 radical (unpaired) electrons. The summed E-state index contributed by atoms with van der Waals surface area (Å²) in [6, 6.07) is 1.64. The van der Waals surface area contributed by atoms with Crippen LogP contribution < -0.4 is 10.1 Å². The fraction of sp³-hybridized carbons (Fsp3) is 0.667. The van der Waals surface area contributed by atoms with Crippen molar-refractivity contribution in [3.63, 3.8) is 0 Å². The van der Waals surface area contributed by atoms with Gasteiger partial charge in [0.2, 0.25) is 5.88 Å². The normalized spacial score (nSPS) is 16.1. The molecule has 0 aliphatic carbocycles. The van der Waals surface area contributed by atoms with Gasteiger partial charge in [-0.3, -0.25) is 0 Å². The summed E-state index contributed by atoms with van der Waals surface area (Å²) in [6.07, 6.45) is 6.32. The SMILES string of the molecule is Cl.Clc1cc(OCCCC2CCNCC2)ncn1. The van der Waals surface area contributed by atoms with Crippen molar-refractivity contribution in [3.05, 3.63) is 17.5 Å². The Labute approximate surface area is 119 Å². The summed E-state index contributed by atoms with van der Waals surface area (Å²) in [4.78, 5) is 7.80.